The van der Waals surface area contributed by atoms with Crippen molar-refractivity contribution in [1.29, 1.82) is 0 Å². The van der Waals surface area contributed by atoms with Crippen LogP contribution in [-0.4, -0.2) is 64.9 Å². The number of carboxylic acids is 1. The second-order valence-electron chi connectivity index (χ2n) is 7.12. The van der Waals surface area contributed by atoms with Crippen molar-refractivity contribution in [3.8, 4) is 0 Å². The summed E-state index contributed by atoms with van der Waals surface area (Å²) in [6.07, 6.45) is 5.02. The monoisotopic (exact) mass is 469 g/mol. The van der Waals surface area contributed by atoms with Crippen molar-refractivity contribution >= 4 is 25.7 Å². The van der Waals surface area contributed by atoms with Crippen LogP contribution in [0, 0.1) is 0 Å². The van der Waals surface area contributed by atoms with Gasteiger partial charge in [-0.1, -0.05) is 46.0 Å². The first-order chi connectivity index (χ1) is 14.6. The van der Waals surface area contributed by atoms with E-state index in [2.05, 4.69) is 21.3 Å². The van der Waals surface area contributed by atoms with Gasteiger partial charge in [0.05, 0.1) is 13.2 Å². The minimum absolute atomic E-state index is 0.143. The van der Waals surface area contributed by atoms with Gasteiger partial charge < -0.3 is 25.2 Å². The predicted octanol–water partition coefficient (Wildman–Crippen LogP) is 2.14. The maximum Gasteiger partial charge on any atom is 0.472 e. The lowest BCUT2D eigenvalue weighted by molar-refractivity contribution is -0.147. The Bertz CT molecular complexity index is 586. The SMILES string of the molecule is CCCCCCCC(=O)NC(COP(=O)(O)OCC(O)COC(=O)CCCC)C(=O)O. The lowest BCUT2D eigenvalue weighted by Crippen LogP contribution is -2.43. The van der Waals surface area contributed by atoms with Crippen molar-refractivity contribution in [3.63, 3.8) is 0 Å². The second-order valence-corrected chi connectivity index (χ2v) is 8.58. The minimum Gasteiger partial charge on any atom is -0.480 e. The van der Waals surface area contributed by atoms with Crippen LogP contribution in [0.3, 0.4) is 0 Å². The van der Waals surface area contributed by atoms with Crippen molar-refractivity contribution in [2.24, 2.45) is 0 Å². The highest BCUT2D eigenvalue weighted by Gasteiger charge is 2.28. The Hall–Kier alpha value is -1.52. The zero-order valence-electron chi connectivity index (χ0n) is 18.3. The third-order valence-corrected chi connectivity index (χ3v) is 5.10. The van der Waals surface area contributed by atoms with E-state index >= 15 is 0 Å². The molecule has 0 saturated carbocycles. The molecule has 3 atom stereocenters. The highest BCUT2D eigenvalue weighted by molar-refractivity contribution is 7.47. The van der Waals surface area contributed by atoms with Gasteiger partial charge in [-0.15, -0.1) is 0 Å². The largest absolute Gasteiger partial charge is 0.480 e. The number of hydrogen-bond donors (Lipinski definition) is 4. The summed E-state index contributed by atoms with van der Waals surface area (Å²) in [5.74, 6) is -2.44. The average Bonchev–Trinajstić information content (AvgIpc) is 2.71. The number of nitrogens with one attached hydrogen (secondary N) is 1. The number of carbonyl (C=O) groups is 3. The molecule has 0 aliphatic carbocycles. The number of unbranched alkanes of at least 4 members (excludes halogenated alkanes) is 5. The van der Waals surface area contributed by atoms with Gasteiger partial charge >= 0.3 is 19.8 Å². The molecule has 182 valence electrons. The van der Waals surface area contributed by atoms with E-state index in [1.807, 2.05) is 6.92 Å². The number of aliphatic hydroxyl groups excluding tert-OH is 1. The second kappa shape index (κ2) is 17.1. The highest BCUT2D eigenvalue weighted by atomic mass is 31.2. The first-order valence-corrected chi connectivity index (χ1v) is 12.1. The summed E-state index contributed by atoms with van der Waals surface area (Å²) < 4.78 is 25.9. The Labute approximate surface area is 183 Å². The van der Waals surface area contributed by atoms with Crippen LogP contribution in [0.4, 0.5) is 0 Å². The van der Waals surface area contributed by atoms with Gasteiger partial charge in [-0.25, -0.2) is 9.36 Å². The molecule has 31 heavy (non-hydrogen) atoms. The Morgan fingerprint density at radius 1 is 0.903 bits per heavy atom. The Morgan fingerprint density at radius 2 is 1.52 bits per heavy atom. The number of esters is 1. The summed E-state index contributed by atoms with van der Waals surface area (Å²) >= 11 is 0. The molecule has 0 fully saturated rings. The summed E-state index contributed by atoms with van der Waals surface area (Å²) in [5.41, 5.74) is 0. The number of ether oxygens (including phenoxy) is 1. The predicted molar refractivity (Wildman–Crippen MR) is 111 cm³/mol. The molecule has 1 amide bonds. The van der Waals surface area contributed by atoms with Crippen LogP contribution in [0.1, 0.15) is 71.6 Å². The Kier molecular flexibility index (Phi) is 16.2. The van der Waals surface area contributed by atoms with Crippen LogP contribution < -0.4 is 5.32 Å². The molecule has 0 spiro atoms. The van der Waals surface area contributed by atoms with E-state index in [0.29, 0.717) is 12.8 Å². The maximum atomic E-state index is 11.9. The molecule has 11 nitrogen and oxygen atoms in total. The number of rotatable bonds is 19. The number of carbonyl (C=O) groups excluding carboxylic acids is 2. The number of phosphoric ester groups is 1. The van der Waals surface area contributed by atoms with Crippen LogP contribution in [0.15, 0.2) is 0 Å². The topological polar surface area (TPSA) is 169 Å². The van der Waals surface area contributed by atoms with E-state index in [1.165, 1.54) is 0 Å². The molecule has 0 bridgehead atoms. The molecule has 0 aromatic carbocycles. The smallest absolute Gasteiger partial charge is 0.472 e. The number of carboxylic acid groups (broad SMARTS) is 1. The summed E-state index contributed by atoms with van der Waals surface area (Å²) in [4.78, 5) is 44.1. The molecule has 0 aromatic heterocycles. The third-order valence-electron chi connectivity index (χ3n) is 4.15. The molecule has 0 radical (unpaired) electrons. The first-order valence-electron chi connectivity index (χ1n) is 10.6. The number of hydrogen-bond acceptors (Lipinski definition) is 8. The highest BCUT2D eigenvalue weighted by Crippen LogP contribution is 2.43. The molecule has 3 unspecified atom stereocenters. The van der Waals surface area contributed by atoms with Gasteiger partial charge in [0.25, 0.3) is 0 Å². The molecule has 0 heterocycles. The van der Waals surface area contributed by atoms with Crippen molar-refractivity contribution in [2.45, 2.75) is 83.8 Å². The molecule has 0 aliphatic heterocycles. The fourth-order valence-electron chi connectivity index (χ4n) is 2.35. The zero-order valence-corrected chi connectivity index (χ0v) is 19.2. The van der Waals surface area contributed by atoms with Gasteiger partial charge in [-0.05, 0) is 12.8 Å². The number of aliphatic hydroxyl groups is 1. The number of phosphoric acid groups is 1. The van der Waals surface area contributed by atoms with Gasteiger partial charge in [-0.3, -0.25) is 18.6 Å². The fourth-order valence-corrected chi connectivity index (χ4v) is 3.12. The normalized spacial score (nSPS) is 15.0. The lowest BCUT2D eigenvalue weighted by atomic mass is 10.1. The molecule has 0 saturated heterocycles. The van der Waals surface area contributed by atoms with E-state index in [-0.39, 0.29) is 12.8 Å². The molecular formula is C19H36NO10P. The van der Waals surface area contributed by atoms with Crippen LogP contribution in [0.25, 0.3) is 0 Å². The zero-order chi connectivity index (χ0) is 23.7. The van der Waals surface area contributed by atoms with E-state index in [9.17, 15) is 28.9 Å². The molecule has 0 aliphatic rings. The summed E-state index contributed by atoms with van der Waals surface area (Å²) in [7, 11) is -4.70. The number of aliphatic carboxylic acids is 1. The van der Waals surface area contributed by atoms with E-state index in [0.717, 1.165) is 32.1 Å². The van der Waals surface area contributed by atoms with Crippen LogP contribution in [0.5, 0.6) is 0 Å². The molecular weight excluding hydrogens is 433 g/mol. The quantitative estimate of drug-likeness (QED) is 0.125. The van der Waals surface area contributed by atoms with Crippen LogP contribution in [-0.2, 0) is 32.7 Å². The van der Waals surface area contributed by atoms with E-state index < -0.39 is 57.6 Å². The van der Waals surface area contributed by atoms with Crippen molar-refractivity contribution in [2.75, 3.05) is 19.8 Å². The van der Waals surface area contributed by atoms with Crippen LogP contribution in [0.2, 0.25) is 0 Å². The first kappa shape index (κ1) is 29.5. The molecule has 12 heteroatoms. The maximum absolute atomic E-state index is 11.9. The van der Waals surface area contributed by atoms with Gasteiger partial charge in [0.1, 0.15) is 12.7 Å². The Morgan fingerprint density at radius 3 is 2.13 bits per heavy atom. The molecule has 4 N–H and O–H groups in total. The summed E-state index contributed by atoms with van der Waals surface area (Å²) in [6, 6.07) is -1.53. The molecule has 0 rings (SSSR count). The standard InChI is InChI=1S/C19H36NO10P/c1-3-5-7-8-9-10-17(22)20-16(19(24)25)14-30-31(26,27)29-13-15(21)12-28-18(23)11-6-4-2/h15-16,21H,3-14H2,1-2H3,(H,20,22)(H,24,25)(H,26,27). The summed E-state index contributed by atoms with van der Waals surface area (Å²) in [6.45, 7) is 2.08. The fraction of sp³-hybridized carbons (Fsp3) is 0.842. The average molecular weight is 469 g/mol. The Balaban J connectivity index is 4.28. The number of amides is 1. The van der Waals surface area contributed by atoms with Gasteiger partial charge in [-0.2, -0.15) is 0 Å². The van der Waals surface area contributed by atoms with Crippen molar-refractivity contribution < 1.29 is 47.8 Å². The molecule has 0 aromatic rings. The van der Waals surface area contributed by atoms with Crippen molar-refractivity contribution in [1.82, 2.24) is 5.32 Å². The van der Waals surface area contributed by atoms with E-state index in [1.54, 1.807) is 0 Å². The minimum atomic E-state index is -4.70. The van der Waals surface area contributed by atoms with E-state index in [4.69, 9.17) is 9.84 Å². The summed E-state index contributed by atoms with van der Waals surface area (Å²) in [5, 5.41) is 21.1. The van der Waals surface area contributed by atoms with Gasteiger partial charge in [0.15, 0.2) is 6.04 Å². The third kappa shape index (κ3) is 16.8. The van der Waals surface area contributed by atoms with Crippen molar-refractivity contribution in [3.05, 3.63) is 0 Å². The van der Waals surface area contributed by atoms with Crippen LogP contribution >= 0.6 is 7.82 Å². The van der Waals surface area contributed by atoms with Gasteiger partial charge in [0, 0.05) is 12.8 Å². The lowest BCUT2D eigenvalue weighted by Gasteiger charge is -2.18. The van der Waals surface area contributed by atoms with Gasteiger partial charge in [0.2, 0.25) is 5.91 Å².